The highest BCUT2D eigenvalue weighted by molar-refractivity contribution is 7.89. The second-order valence-corrected chi connectivity index (χ2v) is 7.26. The van der Waals surface area contributed by atoms with Crippen LogP contribution in [0.15, 0.2) is 17.0 Å². The Morgan fingerprint density at radius 3 is 2.22 bits per heavy atom. The maximum atomic E-state index is 12.9. The van der Waals surface area contributed by atoms with Crippen molar-refractivity contribution < 1.29 is 22.7 Å². The van der Waals surface area contributed by atoms with Crippen LogP contribution in [0.2, 0.25) is 0 Å². The molecular weight excluding hydrogens is 320 g/mol. The standard InChI is InChI=1S/C15H22N2O5S/c1-11(18)16-12-9-15(14(22-3)10-13(12)21-2)23(19,20)17-7-5-4-6-8-17/h9-10H,4-8H2,1-3H3,(H,16,18). The molecule has 7 nitrogen and oxygen atoms in total. The van der Waals surface area contributed by atoms with Crippen LogP contribution in [0, 0.1) is 0 Å². The highest BCUT2D eigenvalue weighted by atomic mass is 32.2. The predicted octanol–water partition coefficient (Wildman–Crippen LogP) is 1.84. The van der Waals surface area contributed by atoms with Gasteiger partial charge in [-0.05, 0) is 18.9 Å². The number of benzene rings is 1. The van der Waals surface area contributed by atoms with Crippen LogP contribution in [-0.2, 0) is 14.8 Å². The first-order valence-electron chi connectivity index (χ1n) is 7.44. The largest absolute Gasteiger partial charge is 0.495 e. The number of anilines is 1. The molecular formula is C15H22N2O5S. The minimum atomic E-state index is -3.69. The first-order chi connectivity index (χ1) is 10.9. The molecule has 1 aliphatic heterocycles. The molecule has 0 saturated carbocycles. The van der Waals surface area contributed by atoms with Gasteiger partial charge in [0.2, 0.25) is 15.9 Å². The van der Waals surface area contributed by atoms with E-state index in [0.29, 0.717) is 24.5 Å². The number of ether oxygens (including phenoxy) is 2. The zero-order valence-corrected chi connectivity index (χ0v) is 14.4. The number of nitrogens with zero attached hydrogens (tertiary/aromatic N) is 1. The molecule has 0 aromatic heterocycles. The van der Waals surface area contributed by atoms with Crippen LogP contribution in [0.5, 0.6) is 11.5 Å². The third kappa shape index (κ3) is 3.76. The van der Waals surface area contributed by atoms with Crippen LogP contribution in [0.4, 0.5) is 5.69 Å². The number of nitrogens with one attached hydrogen (secondary N) is 1. The van der Waals surface area contributed by atoms with Gasteiger partial charge in [-0.25, -0.2) is 8.42 Å². The number of piperidine rings is 1. The fourth-order valence-electron chi connectivity index (χ4n) is 2.60. The molecule has 1 fully saturated rings. The minimum absolute atomic E-state index is 0.0338. The van der Waals surface area contributed by atoms with Crippen molar-refractivity contribution in [3.05, 3.63) is 12.1 Å². The smallest absolute Gasteiger partial charge is 0.246 e. The summed E-state index contributed by atoms with van der Waals surface area (Å²) in [5, 5.41) is 2.59. The van der Waals surface area contributed by atoms with Crippen LogP contribution < -0.4 is 14.8 Å². The van der Waals surface area contributed by atoms with Gasteiger partial charge < -0.3 is 14.8 Å². The van der Waals surface area contributed by atoms with Gasteiger partial charge in [-0.2, -0.15) is 4.31 Å². The molecule has 23 heavy (non-hydrogen) atoms. The third-order valence-electron chi connectivity index (χ3n) is 3.73. The number of hydrogen-bond acceptors (Lipinski definition) is 5. The monoisotopic (exact) mass is 342 g/mol. The SMILES string of the molecule is COc1cc(OC)c(S(=O)(=O)N2CCCCC2)cc1NC(C)=O. The van der Waals surface area contributed by atoms with Crippen molar-refractivity contribution in [3.8, 4) is 11.5 Å². The Morgan fingerprint density at radius 2 is 1.70 bits per heavy atom. The Morgan fingerprint density at radius 1 is 1.09 bits per heavy atom. The van der Waals surface area contributed by atoms with E-state index in [9.17, 15) is 13.2 Å². The molecule has 1 aromatic carbocycles. The Labute approximate surface area is 136 Å². The molecule has 1 N–H and O–H groups in total. The van der Waals surface area contributed by atoms with E-state index < -0.39 is 10.0 Å². The number of rotatable bonds is 5. The number of amides is 1. The second kappa shape index (κ2) is 7.18. The van der Waals surface area contributed by atoms with Crippen LogP contribution in [0.1, 0.15) is 26.2 Å². The molecule has 1 amide bonds. The van der Waals surface area contributed by atoms with Crippen molar-refractivity contribution in [2.24, 2.45) is 0 Å². The minimum Gasteiger partial charge on any atom is -0.495 e. The zero-order valence-electron chi connectivity index (χ0n) is 13.6. The number of sulfonamides is 1. The second-order valence-electron chi connectivity index (χ2n) is 5.35. The lowest BCUT2D eigenvalue weighted by Crippen LogP contribution is -2.35. The third-order valence-corrected chi connectivity index (χ3v) is 5.65. The van der Waals surface area contributed by atoms with Gasteiger partial charge in [0.15, 0.2) is 0 Å². The first kappa shape index (κ1) is 17.6. The number of carbonyl (C=O) groups is 1. The van der Waals surface area contributed by atoms with Crippen LogP contribution in [-0.4, -0.2) is 45.9 Å². The van der Waals surface area contributed by atoms with E-state index in [1.165, 1.54) is 37.6 Å². The normalized spacial score (nSPS) is 16.0. The summed E-state index contributed by atoms with van der Waals surface area (Å²) in [5.74, 6) is 0.228. The topological polar surface area (TPSA) is 84.9 Å². The van der Waals surface area contributed by atoms with E-state index >= 15 is 0 Å². The summed E-state index contributed by atoms with van der Waals surface area (Å²) in [6.07, 6.45) is 2.72. The quantitative estimate of drug-likeness (QED) is 0.882. The molecule has 0 aliphatic carbocycles. The highest BCUT2D eigenvalue weighted by Crippen LogP contribution is 2.37. The van der Waals surface area contributed by atoms with Crippen molar-refractivity contribution in [1.29, 1.82) is 0 Å². The summed E-state index contributed by atoms with van der Waals surface area (Å²) in [6, 6.07) is 2.87. The lowest BCUT2D eigenvalue weighted by molar-refractivity contribution is -0.114. The lowest BCUT2D eigenvalue weighted by atomic mass is 10.2. The van der Waals surface area contributed by atoms with E-state index in [2.05, 4.69) is 5.32 Å². The summed E-state index contributed by atoms with van der Waals surface area (Å²) in [5.41, 5.74) is 0.302. The fraction of sp³-hybridized carbons (Fsp3) is 0.533. The van der Waals surface area contributed by atoms with E-state index in [-0.39, 0.29) is 16.6 Å². The van der Waals surface area contributed by atoms with Crippen molar-refractivity contribution in [1.82, 2.24) is 4.31 Å². The Balaban J connectivity index is 2.52. The van der Waals surface area contributed by atoms with Gasteiger partial charge in [-0.3, -0.25) is 4.79 Å². The molecule has 2 rings (SSSR count). The van der Waals surface area contributed by atoms with E-state index in [4.69, 9.17) is 9.47 Å². The fourth-order valence-corrected chi connectivity index (χ4v) is 4.28. The highest BCUT2D eigenvalue weighted by Gasteiger charge is 2.30. The van der Waals surface area contributed by atoms with Gasteiger partial charge in [-0.15, -0.1) is 0 Å². The van der Waals surface area contributed by atoms with Gasteiger partial charge in [0.1, 0.15) is 16.4 Å². The summed E-state index contributed by atoms with van der Waals surface area (Å²) < 4.78 is 37.7. The molecule has 0 spiro atoms. The van der Waals surface area contributed by atoms with Gasteiger partial charge in [0, 0.05) is 26.1 Å². The predicted molar refractivity (Wildman–Crippen MR) is 86.5 cm³/mol. The summed E-state index contributed by atoms with van der Waals surface area (Å²) in [4.78, 5) is 11.4. The van der Waals surface area contributed by atoms with Crippen molar-refractivity contribution in [2.75, 3.05) is 32.6 Å². The molecule has 0 atom stereocenters. The Bertz CT molecular complexity index is 681. The molecule has 1 aliphatic rings. The van der Waals surface area contributed by atoms with E-state index in [1.807, 2.05) is 0 Å². The van der Waals surface area contributed by atoms with Gasteiger partial charge >= 0.3 is 0 Å². The Kier molecular flexibility index (Phi) is 5.48. The van der Waals surface area contributed by atoms with Gasteiger partial charge in [0.05, 0.1) is 19.9 Å². The number of methoxy groups -OCH3 is 2. The molecule has 1 aromatic rings. The van der Waals surface area contributed by atoms with E-state index in [0.717, 1.165) is 19.3 Å². The molecule has 1 saturated heterocycles. The summed E-state index contributed by atoms with van der Waals surface area (Å²) in [6.45, 7) is 2.34. The van der Waals surface area contributed by atoms with Gasteiger partial charge in [-0.1, -0.05) is 6.42 Å². The molecule has 1 heterocycles. The average Bonchev–Trinajstić information content (AvgIpc) is 2.54. The van der Waals surface area contributed by atoms with Crippen LogP contribution in [0.3, 0.4) is 0 Å². The van der Waals surface area contributed by atoms with Gasteiger partial charge in [0.25, 0.3) is 0 Å². The maximum absolute atomic E-state index is 12.9. The van der Waals surface area contributed by atoms with Crippen LogP contribution in [0.25, 0.3) is 0 Å². The van der Waals surface area contributed by atoms with Crippen LogP contribution >= 0.6 is 0 Å². The number of hydrogen-bond donors (Lipinski definition) is 1. The van der Waals surface area contributed by atoms with Crippen molar-refractivity contribution in [2.45, 2.75) is 31.1 Å². The molecule has 0 bridgehead atoms. The van der Waals surface area contributed by atoms with Crippen molar-refractivity contribution in [3.63, 3.8) is 0 Å². The number of carbonyl (C=O) groups excluding carboxylic acids is 1. The molecule has 8 heteroatoms. The zero-order chi connectivity index (χ0) is 17.0. The summed E-state index contributed by atoms with van der Waals surface area (Å²) >= 11 is 0. The Hall–Kier alpha value is -1.80. The summed E-state index contributed by atoms with van der Waals surface area (Å²) in [7, 11) is -0.838. The molecule has 0 unspecified atom stereocenters. The first-order valence-corrected chi connectivity index (χ1v) is 8.88. The van der Waals surface area contributed by atoms with E-state index in [1.54, 1.807) is 0 Å². The van der Waals surface area contributed by atoms with Crippen molar-refractivity contribution >= 4 is 21.6 Å². The molecule has 0 radical (unpaired) electrons. The molecule has 128 valence electrons. The lowest BCUT2D eigenvalue weighted by Gasteiger charge is -2.27. The maximum Gasteiger partial charge on any atom is 0.246 e. The average molecular weight is 342 g/mol.